The largest absolute Gasteiger partial charge is 0.342 e. The van der Waals surface area contributed by atoms with Gasteiger partial charge in [-0.15, -0.1) is 0 Å². The minimum absolute atomic E-state index is 0.0393. The number of carbonyl (C=O) groups excluding carboxylic acids is 1. The summed E-state index contributed by atoms with van der Waals surface area (Å²) in [5.41, 5.74) is -0.0987. The van der Waals surface area contributed by atoms with Gasteiger partial charge in [-0.3, -0.25) is 19.7 Å². The minimum atomic E-state index is -0.637. The van der Waals surface area contributed by atoms with Gasteiger partial charge in [-0.05, 0) is 18.4 Å². The molecule has 1 aromatic rings. The Hall–Kier alpha value is -2.18. The molecule has 2 bridgehead atoms. The summed E-state index contributed by atoms with van der Waals surface area (Å²) >= 11 is 0. The standard InChI is InChI=1S/C13H15N3O4/c1-8(17)14-5-9-4-10(7-14)11-2-3-12(16(19)20)13(18)15(11)6-9/h2-3,9-10H,4-7H2,1H3/t9?,10-/m0/s1. The monoisotopic (exact) mass is 277 g/mol. The zero-order valence-corrected chi connectivity index (χ0v) is 11.1. The van der Waals surface area contributed by atoms with E-state index in [0.29, 0.717) is 19.6 Å². The highest BCUT2D eigenvalue weighted by molar-refractivity contribution is 5.73. The van der Waals surface area contributed by atoms with Crippen LogP contribution >= 0.6 is 0 Å². The number of rotatable bonds is 1. The van der Waals surface area contributed by atoms with E-state index in [4.69, 9.17) is 0 Å². The molecule has 1 saturated heterocycles. The third kappa shape index (κ3) is 1.90. The van der Waals surface area contributed by atoms with Crippen LogP contribution in [0.1, 0.15) is 25.0 Å². The van der Waals surface area contributed by atoms with Gasteiger partial charge in [0, 0.05) is 44.2 Å². The van der Waals surface area contributed by atoms with Crippen molar-refractivity contribution in [3.8, 4) is 0 Å². The van der Waals surface area contributed by atoms with Crippen LogP contribution in [0.25, 0.3) is 0 Å². The van der Waals surface area contributed by atoms with Gasteiger partial charge >= 0.3 is 11.2 Å². The van der Waals surface area contributed by atoms with Crippen LogP contribution in [0.3, 0.4) is 0 Å². The number of carbonyl (C=O) groups is 1. The van der Waals surface area contributed by atoms with E-state index in [0.717, 1.165) is 12.1 Å². The molecule has 3 rings (SSSR count). The third-order valence-corrected chi connectivity index (χ3v) is 4.23. The zero-order valence-electron chi connectivity index (χ0n) is 11.1. The Morgan fingerprint density at radius 1 is 1.35 bits per heavy atom. The van der Waals surface area contributed by atoms with E-state index in [1.165, 1.54) is 10.6 Å². The summed E-state index contributed by atoms with van der Waals surface area (Å²) in [7, 11) is 0. The Morgan fingerprint density at radius 2 is 2.10 bits per heavy atom. The van der Waals surface area contributed by atoms with Crippen LogP contribution in [0.2, 0.25) is 0 Å². The Kier molecular flexibility index (Phi) is 2.84. The predicted octanol–water partition coefficient (Wildman–Crippen LogP) is 0.722. The Morgan fingerprint density at radius 3 is 2.75 bits per heavy atom. The summed E-state index contributed by atoms with van der Waals surface area (Å²) in [4.78, 5) is 35.7. The van der Waals surface area contributed by atoms with Gasteiger partial charge in [0.15, 0.2) is 0 Å². The fourth-order valence-electron chi connectivity index (χ4n) is 3.33. The SMILES string of the molecule is CC(=O)N1CC2C[C@@H](C1)c1ccc([N+](=O)[O-])c(=O)n1C2. The molecule has 1 aromatic heterocycles. The van der Waals surface area contributed by atoms with Gasteiger partial charge in [-0.1, -0.05) is 0 Å². The topological polar surface area (TPSA) is 85.5 Å². The van der Waals surface area contributed by atoms with Crippen molar-refractivity contribution in [2.24, 2.45) is 5.92 Å². The maximum Gasteiger partial charge on any atom is 0.334 e. The third-order valence-electron chi connectivity index (χ3n) is 4.23. The van der Waals surface area contributed by atoms with Crippen molar-refractivity contribution in [1.82, 2.24) is 9.47 Å². The molecule has 2 atom stereocenters. The molecule has 1 unspecified atom stereocenters. The lowest BCUT2D eigenvalue weighted by atomic mass is 9.83. The molecular formula is C13H15N3O4. The molecule has 1 fully saturated rings. The van der Waals surface area contributed by atoms with Gasteiger partial charge in [-0.25, -0.2) is 0 Å². The second kappa shape index (κ2) is 4.43. The number of amides is 1. The number of piperidine rings is 1. The van der Waals surface area contributed by atoms with Gasteiger partial charge < -0.3 is 9.47 Å². The maximum absolute atomic E-state index is 12.1. The molecule has 20 heavy (non-hydrogen) atoms. The Bertz CT molecular complexity index is 652. The number of nitro groups is 1. The number of hydrogen-bond donors (Lipinski definition) is 0. The van der Waals surface area contributed by atoms with E-state index in [9.17, 15) is 19.7 Å². The average molecular weight is 277 g/mol. The molecule has 106 valence electrons. The first-order chi connectivity index (χ1) is 9.47. The van der Waals surface area contributed by atoms with Crippen LogP contribution in [-0.2, 0) is 11.3 Å². The van der Waals surface area contributed by atoms with Crippen LogP contribution in [-0.4, -0.2) is 33.4 Å². The quantitative estimate of drug-likeness (QED) is 0.559. The summed E-state index contributed by atoms with van der Waals surface area (Å²) in [6, 6.07) is 2.94. The highest BCUT2D eigenvalue weighted by atomic mass is 16.6. The number of fused-ring (bicyclic) bond motifs is 4. The molecule has 0 N–H and O–H groups in total. The van der Waals surface area contributed by atoms with Crippen LogP contribution < -0.4 is 5.56 Å². The van der Waals surface area contributed by atoms with Crippen LogP contribution in [0.4, 0.5) is 5.69 Å². The van der Waals surface area contributed by atoms with Crippen molar-refractivity contribution in [1.29, 1.82) is 0 Å². The molecule has 0 spiro atoms. The van der Waals surface area contributed by atoms with Crippen molar-refractivity contribution in [3.63, 3.8) is 0 Å². The summed E-state index contributed by atoms with van der Waals surface area (Å²) in [5.74, 6) is 0.335. The maximum atomic E-state index is 12.1. The lowest BCUT2D eigenvalue weighted by molar-refractivity contribution is -0.386. The molecule has 0 aromatic carbocycles. The molecule has 3 heterocycles. The molecule has 0 saturated carbocycles. The fourth-order valence-corrected chi connectivity index (χ4v) is 3.33. The van der Waals surface area contributed by atoms with Crippen molar-refractivity contribution >= 4 is 11.6 Å². The molecule has 2 aliphatic rings. The molecule has 7 nitrogen and oxygen atoms in total. The number of nitrogens with zero attached hydrogens (tertiary/aromatic N) is 3. The Labute approximate surface area is 115 Å². The number of likely N-dealkylation sites (tertiary alicyclic amines) is 1. The second-order valence-corrected chi connectivity index (χ2v) is 5.54. The van der Waals surface area contributed by atoms with Crippen LogP contribution in [0.15, 0.2) is 16.9 Å². The minimum Gasteiger partial charge on any atom is -0.342 e. The van der Waals surface area contributed by atoms with E-state index in [-0.39, 0.29) is 23.4 Å². The van der Waals surface area contributed by atoms with Gasteiger partial charge in [-0.2, -0.15) is 0 Å². The summed E-state index contributed by atoms with van der Waals surface area (Å²) < 4.78 is 1.52. The van der Waals surface area contributed by atoms with E-state index in [1.54, 1.807) is 17.9 Å². The number of hydrogen-bond acceptors (Lipinski definition) is 4. The molecule has 1 amide bonds. The van der Waals surface area contributed by atoms with Crippen molar-refractivity contribution < 1.29 is 9.72 Å². The van der Waals surface area contributed by atoms with Gasteiger partial charge in [0.1, 0.15) is 0 Å². The van der Waals surface area contributed by atoms with E-state index < -0.39 is 10.5 Å². The smallest absolute Gasteiger partial charge is 0.334 e. The normalized spacial score (nSPS) is 24.1. The predicted molar refractivity (Wildman–Crippen MR) is 70.5 cm³/mol. The van der Waals surface area contributed by atoms with E-state index in [1.807, 2.05) is 0 Å². The lowest BCUT2D eigenvalue weighted by Gasteiger charge is -2.42. The first-order valence-corrected chi connectivity index (χ1v) is 6.61. The van der Waals surface area contributed by atoms with Gasteiger partial charge in [0.2, 0.25) is 5.91 Å². The number of pyridine rings is 1. The Balaban J connectivity index is 2.04. The lowest BCUT2D eigenvalue weighted by Crippen LogP contribution is -2.48. The van der Waals surface area contributed by atoms with Crippen molar-refractivity contribution in [3.05, 3.63) is 38.3 Å². The van der Waals surface area contributed by atoms with Gasteiger partial charge in [0.05, 0.1) is 4.92 Å². The van der Waals surface area contributed by atoms with Gasteiger partial charge in [0.25, 0.3) is 0 Å². The van der Waals surface area contributed by atoms with Crippen LogP contribution in [0.5, 0.6) is 0 Å². The molecule has 2 aliphatic heterocycles. The fraction of sp³-hybridized carbons (Fsp3) is 0.538. The summed E-state index contributed by atoms with van der Waals surface area (Å²) in [6.45, 7) is 3.21. The van der Waals surface area contributed by atoms with Crippen LogP contribution in [0, 0.1) is 16.0 Å². The zero-order chi connectivity index (χ0) is 14.4. The highest BCUT2D eigenvalue weighted by Crippen LogP contribution is 2.35. The first-order valence-electron chi connectivity index (χ1n) is 6.61. The molecule has 0 aliphatic carbocycles. The second-order valence-electron chi connectivity index (χ2n) is 5.54. The van der Waals surface area contributed by atoms with E-state index >= 15 is 0 Å². The first kappa shape index (κ1) is 12.8. The molecule has 7 heteroatoms. The highest BCUT2D eigenvalue weighted by Gasteiger charge is 2.36. The molecular weight excluding hydrogens is 262 g/mol. The molecule has 0 radical (unpaired) electrons. The number of aromatic nitrogens is 1. The van der Waals surface area contributed by atoms with E-state index in [2.05, 4.69) is 0 Å². The average Bonchev–Trinajstić information content (AvgIpc) is 2.39. The van der Waals surface area contributed by atoms with Crippen molar-refractivity contribution in [2.75, 3.05) is 13.1 Å². The summed E-state index contributed by atoms with van der Waals surface area (Å²) in [5, 5.41) is 10.8. The van der Waals surface area contributed by atoms with Crippen molar-refractivity contribution in [2.45, 2.75) is 25.8 Å². The summed E-state index contributed by atoms with van der Waals surface area (Å²) in [6.07, 6.45) is 0.932.